The molecule has 1 aromatic carbocycles. The van der Waals surface area contributed by atoms with Crippen molar-refractivity contribution in [1.29, 1.82) is 0 Å². The molecule has 0 saturated heterocycles. The largest absolute Gasteiger partial charge is 0.348 e. The molecule has 1 aromatic heterocycles. The van der Waals surface area contributed by atoms with E-state index in [1.54, 1.807) is 36.6 Å². The Hall–Kier alpha value is -2.19. The summed E-state index contributed by atoms with van der Waals surface area (Å²) in [6.45, 7) is 1.66. The van der Waals surface area contributed by atoms with Crippen LogP contribution in [0.1, 0.15) is 28.2 Å². The molecule has 1 unspecified atom stereocenters. The minimum Gasteiger partial charge on any atom is -0.348 e. The molecule has 1 atom stereocenters. The van der Waals surface area contributed by atoms with Crippen LogP contribution in [0.25, 0.3) is 0 Å². The van der Waals surface area contributed by atoms with Crippen LogP contribution in [0.15, 0.2) is 46.7 Å². The summed E-state index contributed by atoms with van der Waals surface area (Å²) >= 11 is 1.30. The Bertz CT molecular complexity index is 812. The minimum atomic E-state index is -3.24. The van der Waals surface area contributed by atoms with Crippen LogP contribution in [0.4, 0.5) is 0 Å². The fourth-order valence-electron chi connectivity index (χ4n) is 2.03. The van der Waals surface area contributed by atoms with Gasteiger partial charge in [0.15, 0.2) is 9.84 Å². The summed E-state index contributed by atoms with van der Waals surface area (Å²) in [5.74, 6) is -0.607. The zero-order chi connectivity index (χ0) is 17.7. The van der Waals surface area contributed by atoms with Crippen molar-refractivity contribution in [2.24, 2.45) is 0 Å². The molecule has 128 valence electrons. The van der Waals surface area contributed by atoms with Crippen LogP contribution in [0.2, 0.25) is 0 Å². The number of benzene rings is 1. The Morgan fingerprint density at radius 1 is 1.17 bits per heavy atom. The fraction of sp³-hybridized carbons (Fsp3) is 0.250. The molecule has 2 rings (SSSR count). The molecule has 2 amide bonds. The molecule has 0 saturated carbocycles. The smallest absolute Gasteiger partial charge is 0.261 e. The molecule has 0 aliphatic heterocycles. The molecule has 2 aromatic rings. The molecule has 8 heteroatoms. The first-order chi connectivity index (χ1) is 11.3. The normalized spacial score (nSPS) is 12.4. The molecule has 0 fully saturated rings. The van der Waals surface area contributed by atoms with Crippen LogP contribution in [-0.2, 0) is 14.6 Å². The molecule has 0 aliphatic carbocycles. The van der Waals surface area contributed by atoms with Crippen molar-refractivity contribution in [2.45, 2.75) is 17.9 Å². The molecule has 1 heterocycles. The standard InChI is InChI=1S/C16H18N2O4S2/c1-11(12-5-7-13(8-6-12)24(2,21)22)18-15(19)10-17-16(20)14-4-3-9-23-14/h3-9,11H,10H2,1-2H3,(H,17,20)(H,18,19). The summed E-state index contributed by atoms with van der Waals surface area (Å²) in [7, 11) is -3.24. The van der Waals surface area contributed by atoms with E-state index in [1.807, 2.05) is 0 Å². The quantitative estimate of drug-likeness (QED) is 0.815. The monoisotopic (exact) mass is 366 g/mol. The molecule has 0 bridgehead atoms. The summed E-state index contributed by atoms with van der Waals surface area (Å²) in [5, 5.41) is 7.10. The Morgan fingerprint density at radius 3 is 2.38 bits per heavy atom. The van der Waals surface area contributed by atoms with Crippen molar-refractivity contribution in [3.8, 4) is 0 Å². The van der Waals surface area contributed by atoms with Gasteiger partial charge in [0.2, 0.25) is 5.91 Å². The van der Waals surface area contributed by atoms with Crippen molar-refractivity contribution >= 4 is 33.0 Å². The number of sulfone groups is 1. The third-order valence-corrected chi connectivity index (χ3v) is 5.34. The molecular formula is C16H18N2O4S2. The van der Waals surface area contributed by atoms with Crippen molar-refractivity contribution in [3.05, 3.63) is 52.2 Å². The van der Waals surface area contributed by atoms with E-state index in [-0.39, 0.29) is 29.3 Å². The Labute approximate surface area is 144 Å². The van der Waals surface area contributed by atoms with E-state index in [4.69, 9.17) is 0 Å². The lowest BCUT2D eigenvalue weighted by Crippen LogP contribution is -2.37. The van der Waals surface area contributed by atoms with Crippen LogP contribution >= 0.6 is 11.3 Å². The average molecular weight is 366 g/mol. The van der Waals surface area contributed by atoms with Crippen LogP contribution in [-0.4, -0.2) is 33.0 Å². The first-order valence-corrected chi connectivity index (χ1v) is 9.95. The van der Waals surface area contributed by atoms with Gasteiger partial charge in [-0.15, -0.1) is 11.3 Å². The lowest BCUT2D eigenvalue weighted by Gasteiger charge is -2.15. The van der Waals surface area contributed by atoms with Gasteiger partial charge in [-0.3, -0.25) is 9.59 Å². The van der Waals surface area contributed by atoms with Gasteiger partial charge < -0.3 is 10.6 Å². The van der Waals surface area contributed by atoms with E-state index in [1.165, 1.54) is 23.5 Å². The SMILES string of the molecule is CC(NC(=O)CNC(=O)c1cccs1)c1ccc(S(C)(=O)=O)cc1. The highest BCUT2D eigenvalue weighted by Crippen LogP contribution is 2.16. The molecule has 0 spiro atoms. The first kappa shape index (κ1) is 18.2. The number of amides is 2. The first-order valence-electron chi connectivity index (χ1n) is 7.18. The summed E-state index contributed by atoms with van der Waals surface area (Å²) in [6, 6.07) is 9.48. The molecular weight excluding hydrogens is 348 g/mol. The summed E-state index contributed by atoms with van der Waals surface area (Å²) < 4.78 is 22.9. The number of nitrogens with one attached hydrogen (secondary N) is 2. The van der Waals surface area contributed by atoms with Gasteiger partial charge in [0.25, 0.3) is 5.91 Å². The maximum absolute atomic E-state index is 11.9. The van der Waals surface area contributed by atoms with E-state index in [2.05, 4.69) is 10.6 Å². The predicted molar refractivity (Wildman–Crippen MR) is 92.8 cm³/mol. The fourth-order valence-corrected chi connectivity index (χ4v) is 3.31. The number of thiophene rings is 1. The van der Waals surface area contributed by atoms with Crippen LogP contribution < -0.4 is 10.6 Å². The molecule has 0 aliphatic rings. The molecule has 24 heavy (non-hydrogen) atoms. The lowest BCUT2D eigenvalue weighted by atomic mass is 10.1. The van der Waals surface area contributed by atoms with Crippen LogP contribution in [0, 0.1) is 0 Å². The Kier molecular flexibility index (Phi) is 5.74. The highest BCUT2D eigenvalue weighted by atomic mass is 32.2. The van der Waals surface area contributed by atoms with Crippen molar-refractivity contribution in [2.75, 3.05) is 12.8 Å². The van der Waals surface area contributed by atoms with Gasteiger partial charge in [-0.2, -0.15) is 0 Å². The van der Waals surface area contributed by atoms with Gasteiger partial charge >= 0.3 is 0 Å². The second-order valence-corrected chi connectivity index (χ2v) is 8.25. The van der Waals surface area contributed by atoms with Crippen molar-refractivity contribution in [1.82, 2.24) is 10.6 Å². The summed E-state index contributed by atoms with van der Waals surface area (Å²) in [6.07, 6.45) is 1.14. The number of carbonyl (C=O) groups is 2. The van der Waals surface area contributed by atoms with Crippen LogP contribution in [0.5, 0.6) is 0 Å². The molecule has 0 radical (unpaired) electrons. The van der Waals surface area contributed by atoms with E-state index in [9.17, 15) is 18.0 Å². The highest BCUT2D eigenvalue weighted by Gasteiger charge is 2.13. The van der Waals surface area contributed by atoms with Gasteiger partial charge in [0.1, 0.15) is 0 Å². The predicted octanol–water partition coefficient (Wildman–Crippen LogP) is 1.76. The molecule has 6 nitrogen and oxygen atoms in total. The summed E-state index contributed by atoms with van der Waals surface area (Å²) in [5.41, 5.74) is 0.778. The number of rotatable bonds is 6. The Balaban J connectivity index is 1.88. The zero-order valence-electron chi connectivity index (χ0n) is 13.3. The highest BCUT2D eigenvalue weighted by molar-refractivity contribution is 7.90. The van der Waals surface area contributed by atoms with Crippen molar-refractivity contribution < 1.29 is 18.0 Å². The maximum Gasteiger partial charge on any atom is 0.261 e. The van der Waals surface area contributed by atoms with Gasteiger partial charge in [0, 0.05) is 6.26 Å². The molecule has 2 N–H and O–H groups in total. The topological polar surface area (TPSA) is 92.3 Å². The maximum atomic E-state index is 11.9. The lowest BCUT2D eigenvalue weighted by molar-refractivity contribution is -0.120. The van der Waals surface area contributed by atoms with E-state index < -0.39 is 9.84 Å². The second-order valence-electron chi connectivity index (χ2n) is 5.29. The third-order valence-electron chi connectivity index (χ3n) is 3.34. The van der Waals surface area contributed by atoms with Crippen LogP contribution in [0.3, 0.4) is 0 Å². The van der Waals surface area contributed by atoms with Crippen molar-refractivity contribution in [3.63, 3.8) is 0 Å². The van der Waals surface area contributed by atoms with Gasteiger partial charge in [-0.1, -0.05) is 18.2 Å². The summed E-state index contributed by atoms with van der Waals surface area (Å²) in [4.78, 5) is 24.4. The van der Waals surface area contributed by atoms with Gasteiger partial charge in [-0.05, 0) is 36.1 Å². The van der Waals surface area contributed by atoms with E-state index in [0.717, 1.165) is 11.8 Å². The Morgan fingerprint density at radius 2 is 1.83 bits per heavy atom. The average Bonchev–Trinajstić information content (AvgIpc) is 3.06. The number of carbonyl (C=O) groups excluding carboxylic acids is 2. The zero-order valence-corrected chi connectivity index (χ0v) is 14.9. The van der Waals surface area contributed by atoms with E-state index in [0.29, 0.717) is 4.88 Å². The minimum absolute atomic E-state index is 0.123. The van der Waals surface area contributed by atoms with Gasteiger partial charge in [-0.25, -0.2) is 8.42 Å². The third kappa shape index (κ3) is 4.90. The van der Waals surface area contributed by atoms with E-state index >= 15 is 0 Å². The van der Waals surface area contributed by atoms with Gasteiger partial charge in [0.05, 0.1) is 22.4 Å². The second kappa shape index (κ2) is 7.59. The number of hydrogen-bond acceptors (Lipinski definition) is 5. The number of hydrogen-bond donors (Lipinski definition) is 2.